The van der Waals surface area contributed by atoms with Gasteiger partial charge < -0.3 is 14.1 Å². The van der Waals surface area contributed by atoms with Crippen LogP contribution in [-0.4, -0.2) is 29.8 Å². The number of rotatable bonds is 7. The van der Waals surface area contributed by atoms with Gasteiger partial charge in [0.15, 0.2) is 5.78 Å². The molecule has 7 aromatic rings. The molecule has 4 heterocycles. The van der Waals surface area contributed by atoms with Crippen molar-refractivity contribution in [1.82, 2.24) is 18.9 Å². The van der Waals surface area contributed by atoms with E-state index in [0.29, 0.717) is 0 Å². The second-order valence-electron chi connectivity index (χ2n) is 11.1. The van der Waals surface area contributed by atoms with Gasteiger partial charge in [-0.25, -0.2) is 4.98 Å². The predicted octanol–water partition coefficient (Wildman–Crippen LogP) is 8.94. The molecule has 7 heteroatoms. The Bertz CT molecular complexity index is 2100. The number of aryl methyl sites for hydroxylation is 1. The molecule has 0 unspecified atom stereocenters. The van der Waals surface area contributed by atoms with Crippen molar-refractivity contribution in [3.05, 3.63) is 78.7 Å². The molecule has 0 saturated heterocycles. The summed E-state index contributed by atoms with van der Waals surface area (Å²) < 4.78 is 4.60. The minimum atomic E-state index is 0. The van der Waals surface area contributed by atoms with Crippen LogP contribution in [0.3, 0.4) is 0 Å². The maximum absolute atomic E-state index is 11.7. The van der Waals surface area contributed by atoms with E-state index in [1.807, 2.05) is 40.0 Å². The average molecular weight is 750 g/mol. The van der Waals surface area contributed by atoms with E-state index in [0.717, 1.165) is 69.6 Å². The molecule has 0 aliphatic heterocycles. The molecular weight excluding hydrogens is 713 g/mol. The Morgan fingerprint density at radius 3 is 2.30 bits per heavy atom. The van der Waals surface area contributed by atoms with Gasteiger partial charge in [-0.05, 0) is 43.9 Å². The van der Waals surface area contributed by atoms with Crippen LogP contribution in [0.5, 0.6) is 0 Å². The van der Waals surface area contributed by atoms with Crippen LogP contribution in [0.4, 0.5) is 0 Å². The summed E-state index contributed by atoms with van der Waals surface area (Å²) in [6.07, 6.45) is 6.76. The zero-order valence-electron chi connectivity index (χ0n) is 25.3. The fourth-order valence-corrected chi connectivity index (χ4v) is 6.43. The number of ketones is 1. The van der Waals surface area contributed by atoms with Crippen molar-refractivity contribution in [2.75, 3.05) is 0 Å². The number of hydrogen-bond donors (Lipinski definition) is 1. The molecule has 7 rings (SSSR count). The van der Waals surface area contributed by atoms with E-state index >= 15 is 0 Å². The Kier molecular flexibility index (Phi) is 8.86. The molecular formula is C36H37IrN4O2-. The number of nitrogens with zero attached hydrogens (tertiary/aromatic N) is 4. The van der Waals surface area contributed by atoms with Crippen LogP contribution in [-0.2, 0) is 31.9 Å². The van der Waals surface area contributed by atoms with E-state index in [2.05, 4.69) is 70.6 Å². The van der Waals surface area contributed by atoms with Crippen LogP contribution in [0.1, 0.15) is 53.4 Å². The van der Waals surface area contributed by atoms with Gasteiger partial charge in [-0.2, -0.15) is 0 Å². The Balaban J connectivity index is 0.000000201. The molecule has 1 N–H and O–H groups in total. The van der Waals surface area contributed by atoms with Crippen molar-refractivity contribution < 1.29 is 30.0 Å². The third-order valence-corrected chi connectivity index (χ3v) is 8.85. The number of carbonyl (C=O) groups is 1. The minimum absolute atomic E-state index is 0. The van der Waals surface area contributed by atoms with Crippen molar-refractivity contribution in [2.24, 2.45) is 18.9 Å². The Morgan fingerprint density at radius 2 is 1.58 bits per heavy atom. The summed E-state index contributed by atoms with van der Waals surface area (Å²) in [6, 6.07) is 22.5. The third kappa shape index (κ3) is 4.99. The maximum Gasteiger partial charge on any atom is 0.162 e. The summed E-state index contributed by atoms with van der Waals surface area (Å²) in [4.78, 5) is 21.4. The average Bonchev–Trinajstić information content (AvgIpc) is 3.41. The van der Waals surface area contributed by atoms with Crippen LogP contribution in [0, 0.1) is 17.9 Å². The van der Waals surface area contributed by atoms with Crippen molar-refractivity contribution in [3.63, 3.8) is 0 Å². The van der Waals surface area contributed by atoms with E-state index < -0.39 is 0 Å². The molecule has 0 saturated carbocycles. The van der Waals surface area contributed by atoms with Crippen LogP contribution >= 0.6 is 0 Å². The molecule has 0 bridgehead atoms. The van der Waals surface area contributed by atoms with Crippen LogP contribution in [0.15, 0.2) is 72.6 Å². The number of carbonyl (C=O) groups excluding carboxylic acids is 1. The number of benzene rings is 3. The van der Waals surface area contributed by atoms with Crippen molar-refractivity contribution in [1.29, 1.82) is 0 Å². The van der Waals surface area contributed by atoms with Crippen LogP contribution in [0.2, 0.25) is 0 Å². The molecule has 3 aromatic carbocycles. The van der Waals surface area contributed by atoms with Gasteiger partial charge in [0.25, 0.3) is 0 Å². The third-order valence-electron chi connectivity index (χ3n) is 8.85. The largest absolute Gasteiger partial charge is 0.512 e. The Morgan fingerprint density at radius 1 is 0.884 bits per heavy atom. The Hall–Kier alpha value is -3.80. The number of imidazole rings is 1. The summed E-state index contributed by atoms with van der Waals surface area (Å²) in [7, 11) is 2.14. The standard InChI is InChI=1S/C23H13N4.C13H24O2.Ir/c1-26-18-10-4-9-17-22(18)27-21-16(12-13-6-2-3-7-14(13)20(21)26)19-15(23(27)25-17)8-5-11-24-19;1-5-10(6-2)12(14)9-13(15)11(7-3)8-4;/h2-11H,1H3;9-11,14H,5-8H2,1-4H3;/q-1;;/b;12-9-;. The molecule has 0 aliphatic carbocycles. The summed E-state index contributed by atoms with van der Waals surface area (Å²) in [5.41, 5.74) is 7.59. The first kappa shape index (κ1) is 30.7. The summed E-state index contributed by atoms with van der Waals surface area (Å²) in [5.74, 6) is 0.547. The number of hydrogen-bond acceptors (Lipinski definition) is 4. The number of fused-ring (bicyclic) bond motifs is 5. The SMILES string of the molecule is CCC(CC)C(=O)/C=C(\O)C(CC)CC.Cn1c2cccc3nc4c5cccnc5c5[c-]c6ccccc6c1c5n4c32.[Ir]. The molecule has 6 nitrogen and oxygen atoms in total. The molecule has 43 heavy (non-hydrogen) atoms. The normalized spacial score (nSPS) is 12.3. The van der Waals surface area contributed by atoms with Gasteiger partial charge in [-0.15, -0.1) is 17.5 Å². The number of pyridine rings is 2. The van der Waals surface area contributed by atoms with Crippen LogP contribution in [0.25, 0.3) is 60.3 Å². The number of para-hydroxylation sites is 1. The first-order valence-electron chi connectivity index (χ1n) is 15.1. The fourth-order valence-electron chi connectivity index (χ4n) is 6.43. The van der Waals surface area contributed by atoms with Gasteiger partial charge in [-0.1, -0.05) is 68.8 Å². The van der Waals surface area contributed by atoms with Gasteiger partial charge in [0.2, 0.25) is 0 Å². The molecule has 4 aromatic heterocycles. The summed E-state index contributed by atoms with van der Waals surface area (Å²) >= 11 is 0. The number of aromatic nitrogens is 4. The second kappa shape index (κ2) is 12.4. The topological polar surface area (TPSA) is 72.4 Å². The molecule has 1 radical (unpaired) electrons. The quantitative estimate of drug-likeness (QED) is 0.0581. The zero-order chi connectivity index (χ0) is 29.5. The smallest absolute Gasteiger partial charge is 0.162 e. The van der Waals surface area contributed by atoms with E-state index in [-0.39, 0.29) is 43.5 Å². The first-order chi connectivity index (χ1) is 20.4. The minimum Gasteiger partial charge on any atom is -0.512 e. The number of allylic oxidation sites excluding steroid dienone is 2. The molecule has 0 atom stereocenters. The zero-order valence-corrected chi connectivity index (χ0v) is 27.7. The van der Waals surface area contributed by atoms with E-state index in [1.165, 1.54) is 22.5 Å². The van der Waals surface area contributed by atoms with Gasteiger partial charge in [0.05, 0.1) is 22.3 Å². The molecule has 0 amide bonds. The Labute approximate surface area is 265 Å². The molecule has 0 aliphatic rings. The monoisotopic (exact) mass is 750 g/mol. The van der Waals surface area contributed by atoms with Gasteiger partial charge in [0, 0.05) is 73.2 Å². The molecule has 223 valence electrons. The van der Waals surface area contributed by atoms with Crippen molar-refractivity contribution in [2.45, 2.75) is 53.4 Å². The molecule has 0 fully saturated rings. The van der Waals surface area contributed by atoms with E-state index in [9.17, 15) is 9.90 Å². The number of aliphatic hydroxyl groups excluding tert-OH is 1. The van der Waals surface area contributed by atoms with E-state index in [4.69, 9.17) is 9.97 Å². The van der Waals surface area contributed by atoms with Crippen LogP contribution < -0.4 is 0 Å². The van der Waals surface area contributed by atoms with E-state index in [1.54, 1.807) is 0 Å². The number of aliphatic hydroxyl groups is 1. The second-order valence-corrected chi connectivity index (χ2v) is 11.1. The van der Waals surface area contributed by atoms with Gasteiger partial charge in [-0.3, -0.25) is 9.78 Å². The summed E-state index contributed by atoms with van der Waals surface area (Å²) in [6.45, 7) is 8.07. The molecule has 0 spiro atoms. The fraction of sp³-hybridized carbons (Fsp3) is 0.306. The van der Waals surface area contributed by atoms with Crippen molar-refractivity contribution >= 4 is 66.1 Å². The maximum atomic E-state index is 11.7. The van der Waals surface area contributed by atoms with Gasteiger partial charge in [0.1, 0.15) is 5.65 Å². The van der Waals surface area contributed by atoms with Gasteiger partial charge >= 0.3 is 0 Å². The first-order valence-corrected chi connectivity index (χ1v) is 15.1. The summed E-state index contributed by atoms with van der Waals surface area (Å²) in [5, 5.41) is 14.2. The van der Waals surface area contributed by atoms with Crippen molar-refractivity contribution in [3.8, 4) is 0 Å². The predicted molar refractivity (Wildman–Crippen MR) is 173 cm³/mol.